The van der Waals surface area contributed by atoms with Crippen molar-refractivity contribution < 1.29 is 4.79 Å². The Hall–Kier alpha value is -1.63. The SMILES string of the molecule is CCCN(CCC(=O)N1CCN(CC)CC1)c1nc(CC)nc2c(Cl)cc(Cl)cc12. The van der Waals surface area contributed by atoms with E-state index in [4.69, 9.17) is 28.2 Å². The smallest absolute Gasteiger partial charge is 0.224 e. The maximum absolute atomic E-state index is 12.8. The summed E-state index contributed by atoms with van der Waals surface area (Å²) in [4.78, 5) is 28.8. The van der Waals surface area contributed by atoms with Crippen molar-refractivity contribution in [2.24, 2.45) is 0 Å². The molecule has 3 rings (SSSR count). The van der Waals surface area contributed by atoms with Crippen molar-refractivity contribution in [2.45, 2.75) is 40.0 Å². The number of hydrogen-bond acceptors (Lipinski definition) is 5. The Morgan fingerprint density at radius 2 is 1.80 bits per heavy atom. The van der Waals surface area contributed by atoms with Crippen LogP contribution in [0.1, 0.15) is 39.4 Å². The van der Waals surface area contributed by atoms with E-state index in [9.17, 15) is 4.79 Å². The van der Waals surface area contributed by atoms with Crippen molar-refractivity contribution in [1.82, 2.24) is 19.8 Å². The van der Waals surface area contributed by atoms with Crippen LogP contribution in [0.2, 0.25) is 10.0 Å². The van der Waals surface area contributed by atoms with E-state index in [0.717, 1.165) is 62.7 Å². The van der Waals surface area contributed by atoms with Crippen LogP contribution in [-0.4, -0.2) is 71.5 Å². The lowest BCUT2D eigenvalue weighted by atomic mass is 10.2. The molecular weight excluding hydrogens is 421 g/mol. The average molecular weight is 452 g/mol. The highest BCUT2D eigenvalue weighted by Crippen LogP contribution is 2.32. The predicted molar refractivity (Wildman–Crippen MR) is 125 cm³/mol. The molecule has 0 atom stereocenters. The lowest BCUT2D eigenvalue weighted by Gasteiger charge is -2.34. The number of fused-ring (bicyclic) bond motifs is 1. The summed E-state index contributed by atoms with van der Waals surface area (Å²) < 4.78 is 0. The van der Waals surface area contributed by atoms with Crippen LogP contribution in [0.25, 0.3) is 10.9 Å². The highest BCUT2D eigenvalue weighted by molar-refractivity contribution is 6.38. The first-order valence-electron chi connectivity index (χ1n) is 10.9. The molecule has 2 aromatic rings. The number of carbonyl (C=O) groups is 1. The number of piperazine rings is 1. The molecule has 1 aromatic carbocycles. The minimum atomic E-state index is 0.206. The summed E-state index contributed by atoms with van der Waals surface area (Å²) in [6, 6.07) is 3.58. The largest absolute Gasteiger partial charge is 0.355 e. The Bertz CT molecular complexity index is 883. The van der Waals surface area contributed by atoms with Crippen molar-refractivity contribution in [1.29, 1.82) is 0 Å². The predicted octanol–water partition coefficient (Wildman–Crippen LogP) is 4.27. The van der Waals surface area contributed by atoms with Crippen molar-refractivity contribution in [2.75, 3.05) is 50.7 Å². The van der Waals surface area contributed by atoms with E-state index >= 15 is 0 Å². The molecule has 164 valence electrons. The summed E-state index contributed by atoms with van der Waals surface area (Å²) in [5.41, 5.74) is 0.714. The molecular formula is C22H31Cl2N5O. The molecule has 1 aromatic heterocycles. The highest BCUT2D eigenvalue weighted by atomic mass is 35.5. The fraction of sp³-hybridized carbons (Fsp3) is 0.591. The zero-order valence-electron chi connectivity index (χ0n) is 18.1. The minimum Gasteiger partial charge on any atom is -0.355 e. The summed E-state index contributed by atoms with van der Waals surface area (Å²) in [6.45, 7) is 12.3. The van der Waals surface area contributed by atoms with Gasteiger partial charge in [0.15, 0.2) is 0 Å². The lowest BCUT2D eigenvalue weighted by molar-refractivity contribution is -0.132. The first-order valence-corrected chi connectivity index (χ1v) is 11.6. The summed E-state index contributed by atoms with van der Waals surface area (Å²) in [6.07, 6.45) is 2.13. The van der Waals surface area contributed by atoms with Gasteiger partial charge in [0, 0.05) is 62.5 Å². The van der Waals surface area contributed by atoms with Crippen LogP contribution in [-0.2, 0) is 11.2 Å². The van der Waals surface area contributed by atoms with Crippen LogP contribution in [0.15, 0.2) is 12.1 Å². The van der Waals surface area contributed by atoms with Crippen LogP contribution < -0.4 is 4.90 Å². The number of likely N-dealkylation sites (N-methyl/N-ethyl adjacent to an activating group) is 1. The number of benzene rings is 1. The van der Waals surface area contributed by atoms with Gasteiger partial charge in [0.25, 0.3) is 0 Å². The molecule has 1 amide bonds. The molecule has 0 spiro atoms. The number of hydrogen-bond donors (Lipinski definition) is 0. The number of amides is 1. The van der Waals surface area contributed by atoms with Crippen LogP contribution >= 0.6 is 23.2 Å². The molecule has 6 nitrogen and oxygen atoms in total. The number of halogens is 2. The van der Waals surface area contributed by atoms with Crippen LogP contribution in [0.4, 0.5) is 5.82 Å². The number of anilines is 1. The van der Waals surface area contributed by atoms with Crippen LogP contribution in [0.3, 0.4) is 0 Å². The van der Waals surface area contributed by atoms with E-state index in [2.05, 4.69) is 28.6 Å². The molecule has 8 heteroatoms. The molecule has 0 unspecified atom stereocenters. The van der Waals surface area contributed by atoms with Gasteiger partial charge in [0.05, 0.1) is 10.5 Å². The fourth-order valence-electron chi connectivity index (χ4n) is 3.88. The quantitative estimate of drug-likeness (QED) is 0.599. The van der Waals surface area contributed by atoms with E-state index < -0.39 is 0 Å². The first kappa shape index (κ1) is 23.0. The van der Waals surface area contributed by atoms with E-state index in [0.29, 0.717) is 34.9 Å². The first-order chi connectivity index (χ1) is 14.5. The molecule has 0 aliphatic carbocycles. The van der Waals surface area contributed by atoms with Gasteiger partial charge in [-0.1, -0.05) is 44.0 Å². The van der Waals surface area contributed by atoms with Gasteiger partial charge >= 0.3 is 0 Å². The molecule has 30 heavy (non-hydrogen) atoms. The van der Waals surface area contributed by atoms with E-state index in [1.165, 1.54) is 0 Å². The van der Waals surface area contributed by atoms with E-state index in [1.54, 1.807) is 6.07 Å². The number of rotatable bonds is 8. The van der Waals surface area contributed by atoms with Gasteiger partial charge in [-0.15, -0.1) is 0 Å². The highest BCUT2D eigenvalue weighted by Gasteiger charge is 2.22. The van der Waals surface area contributed by atoms with Crippen molar-refractivity contribution >= 4 is 45.8 Å². The van der Waals surface area contributed by atoms with Gasteiger partial charge in [0.2, 0.25) is 5.91 Å². The molecule has 0 N–H and O–H groups in total. The van der Waals surface area contributed by atoms with Gasteiger partial charge in [-0.2, -0.15) is 0 Å². The average Bonchev–Trinajstić information content (AvgIpc) is 2.76. The molecule has 1 aliphatic heterocycles. The molecule has 0 radical (unpaired) electrons. The van der Waals surface area contributed by atoms with Crippen molar-refractivity contribution in [3.63, 3.8) is 0 Å². The molecule has 1 fully saturated rings. The number of nitrogens with zero attached hydrogens (tertiary/aromatic N) is 5. The third-order valence-electron chi connectivity index (χ3n) is 5.62. The maximum atomic E-state index is 12.8. The van der Waals surface area contributed by atoms with Gasteiger partial charge in [-0.05, 0) is 25.1 Å². The second-order valence-electron chi connectivity index (χ2n) is 7.65. The Morgan fingerprint density at radius 3 is 2.43 bits per heavy atom. The monoisotopic (exact) mass is 451 g/mol. The van der Waals surface area contributed by atoms with Gasteiger partial charge in [0.1, 0.15) is 11.6 Å². The van der Waals surface area contributed by atoms with Crippen molar-refractivity contribution in [3.05, 3.63) is 28.0 Å². The summed E-state index contributed by atoms with van der Waals surface area (Å²) in [5.74, 6) is 1.76. The van der Waals surface area contributed by atoms with Gasteiger partial charge in [-0.25, -0.2) is 9.97 Å². The molecule has 0 saturated carbocycles. The van der Waals surface area contributed by atoms with E-state index in [1.807, 2.05) is 17.9 Å². The molecule has 2 heterocycles. The summed E-state index contributed by atoms with van der Waals surface area (Å²) in [7, 11) is 0. The summed E-state index contributed by atoms with van der Waals surface area (Å²) in [5, 5.41) is 1.92. The molecule has 1 saturated heterocycles. The standard InChI is InChI=1S/C22H31Cl2N5O/c1-4-8-29(9-7-20(30)28-12-10-27(6-3)11-13-28)22-17-14-16(23)15-18(24)21(17)25-19(5-2)26-22/h14-15H,4-13H2,1-3H3. The topological polar surface area (TPSA) is 52.6 Å². The second-order valence-corrected chi connectivity index (χ2v) is 8.50. The third-order valence-corrected chi connectivity index (χ3v) is 6.13. The zero-order valence-corrected chi connectivity index (χ0v) is 19.6. The summed E-state index contributed by atoms with van der Waals surface area (Å²) >= 11 is 12.7. The second kappa shape index (κ2) is 10.6. The Labute approximate surface area is 189 Å². The van der Waals surface area contributed by atoms with Gasteiger partial charge < -0.3 is 14.7 Å². The number of carbonyl (C=O) groups excluding carboxylic acids is 1. The molecule has 0 bridgehead atoms. The molecule has 1 aliphatic rings. The Kier molecular flexibility index (Phi) is 8.14. The normalized spacial score (nSPS) is 15.0. The van der Waals surface area contributed by atoms with Crippen molar-refractivity contribution in [3.8, 4) is 0 Å². The van der Waals surface area contributed by atoms with Gasteiger partial charge in [-0.3, -0.25) is 4.79 Å². The minimum absolute atomic E-state index is 0.206. The number of aromatic nitrogens is 2. The van der Waals surface area contributed by atoms with Crippen LogP contribution in [0.5, 0.6) is 0 Å². The maximum Gasteiger partial charge on any atom is 0.224 e. The van der Waals surface area contributed by atoms with Crippen LogP contribution in [0, 0.1) is 0 Å². The lowest BCUT2D eigenvalue weighted by Crippen LogP contribution is -2.49. The Balaban J connectivity index is 1.82. The fourth-order valence-corrected chi connectivity index (χ4v) is 4.42. The Morgan fingerprint density at radius 1 is 1.07 bits per heavy atom. The van der Waals surface area contributed by atoms with E-state index in [-0.39, 0.29) is 5.91 Å². The third kappa shape index (κ3) is 5.34. The zero-order chi connectivity index (χ0) is 21.7. The number of aryl methyl sites for hydroxylation is 1.